The zero-order valence-corrected chi connectivity index (χ0v) is 19.4. The van der Waals surface area contributed by atoms with E-state index < -0.39 is 29.2 Å². The molecule has 3 aromatic rings. The largest absolute Gasteiger partial charge is 0.480 e. The van der Waals surface area contributed by atoms with E-state index in [4.69, 9.17) is 11.6 Å². The SMILES string of the molecule is Cc1cc(C[C@H](NC(=O)c2c(C)cccc2Cl)C(=O)O)ccc1-c1cn(C)c(=O)n(C)c1=O. The van der Waals surface area contributed by atoms with Crippen molar-refractivity contribution in [3.05, 3.63) is 90.7 Å². The van der Waals surface area contributed by atoms with Crippen LogP contribution >= 0.6 is 11.6 Å². The third-order valence-electron chi connectivity index (χ3n) is 5.52. The fourth-order valence-corrected chi connectivity index (χ4v) is 4.04. The first-order valence-corrected chi connectivity index (χ1v) is 10.5. The number of carboxylic acids is 1. The molecule has 2 N–H and O–H groups in total. The van der Waals surface area contributed by atoms with Crippen molar-refractivity contribution < 1.29 is 14.7 Å². The topological polar surface area (TPSA) is 110 Å². The normalized spacial score (nSPS) is 11.8. The molecule has 0 radical (unpaired) electrons. The van der Waals surface area contributed by atoms with Crippen LogP contribution < -0.4 is 16.6 Å². The van der Waals surface area contributed by atoms with Gasteiger partial charge in [0.1, 0.15) is 6.04 Å². The number of benzene rings is 2. The Bertz CT molecular complexity index is 1350. The van der Waals surface area contributed by atoms with Gasteiger partial charge in [-0.15, -0.1) is 0 Å². The number of aromatic nitrogens is 2. The predicted octanol–water partition coefficient (Wildman–Crippen LogP) is 2.45. The molecule has 0 fully saturated rings. The molecule has 0 bridgehead atoms. The van der Waals surface area contributed by atoms with E-state index in [1.807, 2.05) is 0 Å². The first-order chi connectivity index (χ1) is 15.5. The van der Waals surface area contributed by atoms with Gasteiger partial charge in [-0.3, -0.25) is 14.2 Å². The summed E-state index contributed by atoms with van der Waals surface area (Å²) in [4.78, 5) is 49.1. The molecule has 0 unspecified atom stereocenters. The van der Waals surface area contributed by atoms with Crippen LogP contribution in [-0.4, -0.2) is 32.2 Å². The highest BCUT2D eigenvalue weighted by Crippen LogP contribution is 2.23. The first kappa shape index (κ1) is 24.0. The van der Waals surface area contributed by atoms with Crippen LogP contribution in [0, 0.1) is 13.8 Å². The molecule has 0 spiro atoms. The Morgan fingerprint density at radius 1 is 1.06 bits per heavy atom. The van der Waals surface area contributed by atoms with E-state index in [0.717, 1.165) is 10.1 Å². The standard InChI is InChI=1S/C24H24ClN3O5/c1-13-6-5-7-18(25)20(13)21(29)26-19(23(31)32)11-15-8-9-16(14(2)10-15)17-12-27(3)24(33)28(4)22(17)30/h5-10,12,19H,11H2,1-4H3,(H,26,29)(H,31,32)/t19-/m0/s1. The summed E-state index contributed by atoms with van der Waals surface area (Å²) >= 11 is 6.13. The van der Waals surface area contributed by atoms with E-state index in [9.17, 15) is 24.3 Å². The molecule has 172 valence electrons. The number of carbonyl (C=O) groups is 2. The average Bonchev–Trinajstić information content (AvgIpc) is 2.74. The minimum absolute atomic E-state index is 0.0387. The molecule has 1 aromatic heterocycles. The summed E-state index contributed by atoms with van der Waals surface area (Å²) in [6, 6.07) is 9.02. The van der Waals surface area contributed by atoms with Crippen LogP contribution in [0.15, 0.2) is 52.2 Å². The maximum Gasteiger partial charge on any atom is 0.330 e. The third kappa shape index (κ3) is 4.90. The summed E-state index contributed by atoms with van der Waals surface area (Å²) in [6.45, 7) is 3.52. The van der Waals surface area contributed by atoms with Gasteiger partial charge in [-0.05, 0) is 42.2 Å². The van der Waals surface area contributed by atoms with Crippen molar-refractivity contribution in [3.8, 4) is 11.1 Å². The van der Waals surface area contributed by atoms with E-state index >= 15 is 0 Å². The second-order valence-electron chi connectivity index (χ2n) is 7.95. The van der Waals surface area contributed by atoms with E-state index in [1.165, 1.54) is 17.8 Å². The Balaban J connectivity index is 1.89. The highest BCUT2D eigenvalue weighted by Gasteiger charge is 2.23. The molecule has 1 heterocycles. The summed E-state index contributed by atoms with van der Waals surface area (Å²) in [5, 5.41) is 12.5. The first-order valence-electron chi connectivity index (χ1n) is 10.2. The number of aliphatic carboxylic acids is 1. The number of nitrogens with zero attached hydrogens (tertiary/aromatic N) is 2. The highest BCUT2D eigenvalue weighted by atomic mass is 35.5. The summed E-state index contributed by atoms with van der Waals surface area (Å²) in [7, 11) is 2.98. The van der Waals surface area contributed by atoms with Gasteiger partial charge in [0, 0.05) is 26.7 Å². The van der Waals surface area contributed by atoms with Gasteiger partial charge >= 0.3 is 11.7 Å². The number of rotatable bonds is 6. The summed E-state index contributed by atoms with van der Waals surface area (Å²) in [5.41, 5.74) is 2.44. The molecule has 1 amide bonds. The Kier molecular flexibility index (Phi) is 6.88. The Hall–Kier alpha value is -3.65. The second-order valence-corrected chi connectivity index (χ2v) is 8.36. The number of hydrogen-bond donors (Lipinski definition) is 2. The Morgan fingerprint density at radius 3 is 2.36 bits per heavy atom. The highest BCUT2D eigenvalue weighted by molar-refractivity contribution is 6.34. The molecule has 2 aromatic carbocycles. The summed E-state index contributed by atoms with van der Waals surface area (Å²) < 4.78 is 2.37. The van der Waals surface area contributed by atoms with Crippen LogP contribution in [0.5, 0.6) is 0 Å². The van der Waals surface area contributed by atoms with Gasteiger partial charge in [0.15, 0.2) is 0 Å². The quantitative estimate of drug-likeness (QED) is 0.576. The average molecular weight is 470 g/mol. The maximum absolute atomic E-state index is 12.7. The number of carbonyl (C=O) groups excluding carboxylic acids is 1. The van der Waals surface area contributed by atoms with Crippen LogP contribution in [0.1, 0.15) is 27.0 Å². The molecule has 0 aliphatic heterocycles. The van der Waals surface area contributed by atoms with Crippen LogP contribution in [0.4, 0.5) is 0 Å². The minimum Gasteiger partial charge on any atom is -0.480 e. The van der Waals surface area contributed by atoms with Crippen molar-refractivity contribution in [1.29, 1.82) is 0 Å². The second kappa shape index (κ2) is 9.46. The van der Waals surface area contributed by atoms with Gasteiger partial charge in [0.2, 0.25) is 0 Å². The zero-order chi connectivity index (χ0) is 24.4. The molecular formula is C24H24ClN3O5. The molecule has 0 saturated heterocycles. The Labute approximate surface area is 195 Å². The third-order valence-corrected chi connectivity index (χ3v) is 5.83. The number of aryl methyl sites for hydroxylation is 3. The molecule has 3 rings (SSSR count). The van der Waals surface area contributed by atoms with E-state index in [0.29, 0.717) is 22.3 Å². The van der Waals surface area contributed by atoms with Crippen LogP contribution in [0.3, 0.4) is 0 Å². The van der Waals surface area contributed by atoms with Gasteiger partial charge in [-0.1, -0.05) is 41.9 Å². The molecule has 0 aliphatic rings. The molecule has 9 heteroatoms. The van der Waals surface area contributed by atoms with Crippen LogP contribution in [0.2, 0.25) is 5.02 Å². The van der Waals surface area contributed by atoms with Crippen LogP contribution in [0.25, 0.3) is 11.1 Å². The van der Waals surface area contributed by atoms with Gasteiger partial charge in [-0.2, -0.15) is 0 Å². The number of nitrogens with one attached hydrogen (secondary N) is 1. The maximum atomic E-state index is 12.7. The van der Waals surface area contributed by atoms with E-state index in [1.54, 1.807) is 57.3 Å². The number of amides is 1. The van der Waals surface area contributed by atoms with Crippen molar-refractivity contribution in [2.75, 3.05) is 0 Å². The molecular weight excluding hydrogens is 446 g/mol. The van der Waals surface area contributed by atoms with Gasteiger partial charge < -0.3 is 15.0 Å². The molecule has 0 aliphatic carbocycles. The van der Waals surface area contributed by atoms with E-state index in [-0.39, 0.29) is 17.0 Å². The van der Waals surface area contributed by atoms with Crippen molar-refractivity contribution in [1.82, 2.24) is 14.5 Å². The van der Waals surface area contributed by atoms with Crippen molar-refractivity contribution in [3.63, 3.8) is 0 Å². The number of carboxylic acid groups (broad SMARTS) is 1. The fraction of sp³-hybridized carbons (Fsp3) is 0.250. The lowest BCUT2D eigenvalue weighted by Gasteiger charge is -2.17. The lowest BCUT2D eigenvalue weighted by molar-refractivity contribution is -0.139. The predicted molar refractivity (Wildman–Crippen MR) is 126 cm³/mol. The monoisotopic (exact) mass is 469 g/mol. The molecule has 0 saturated carbocycles. The summed E-state index contributed by atoms with van der Waals surface area (Å²) in [6.07, 6.45) is 1.52. The lowest BCUT2D eigenvalue weighted by atomic mass is 9.97. The molecule has 1 atom stereocenters. The number of hydrogen-bond acceptors (Lipinski definition) is 4. The van der Waals surface area contributed by atoms with Crippen molar-refractivity contribution >= 4 is 23.5 Å². The number of halogens is 1. The van der Waals surface area contributed by atoms with Gasteiger partial charge in [-0.25, -0.2) is 9.59 Å². The van der Waals surface area contributed by atoms with Gasteiger partial charge in [0.25, 0.3) is 11.5 Å². The van der Waals surface area contributed by atoms with Crippen molar-refractivity contribution in [2.45, 2.75) is 26.3 Å². The minimum atomic E-state index is -1.18. The van der Waals surface area contributed by atoms with Crippen LogP contribution in [-0.2, 0) is 25.3 Å². The Morgan fingerprint density at radius 2 is 1.76 bits per heavy atom. The summed E-state index contributed by atoms with van der Waals surface area (Å²) in [5.74, 6) is -1.74. The van der Waals surface area contributed by atoms with Gasteiger partial charge in [0.05, 0.1) is 16.1 Å². The zero-order valence-electron chi connectivity index (χ0n) is 18.7. The van der Waals surface area contributed by atoms with Crippen molar-refractivity contribution in [2.24, 2.45) is 14.1 Å². The fourth-order valence-electron chi connectivity index (χ4n) is 3.73. The smallest absolute Gasteiger partial charge is 0.330 e. The lowest BCUT2D eigenvalue weighted by Crippen LogP contribution is -2.42. The van der Waals surface area contributed by atoms with E-state index in [2.05, 4.69) is 5.32 Å². The molecule has 33 heavy (non-hydrogen) atoms. The molecule has 8 nitrogen and oxygen atoms in total.